The highest BCUT2D eigenvalue weighted by Crippen LogP contribution is 2.61. The van der Waals surface area contributed by atoms with Crippen LogP contribution in [0, 0.1) is 23.7 Å². The molecule has 0 amide bonds. The summed E-state index contributed by atoms with van der Waals surface area (Å²) in [6, 6.07) is 0. The van der Waals surface area contributed by atoms with Crippen LogP contribution in [0.5, 0.6) is 0 Å². The molecule has 8 atom stereocenters. The van der Waals surface area contributed by atoms with E-state index in [9.17, 15) is 5.11 Å². The van der Waals surface area contributed by atoms with Crippen molar-refractivity contribution in [3.63, 3.8) is 0 Å². The van der Waals surface area contributed by atoms with Crippen molar-refractivity contribution in [2.45, 2.75) is 76.5 Å². The average molecular weight is 282 g/mol. The lowest BCUT2D eigenvalue weighted by Gasteiger charge is -2.60. The van der Waals surface area contributed by atoms with Crippen molar-refractivity contribution in [2.75, 3.05) is 0 Å². The van der Waals surface area contributed by atoms with Crippen molar-refractivity contribution in [3.8, 4) is 0 Å². The first-order valence-corrected chi connectivity index (χ1v) is 8.17. The second-order valence-electron chi connectivity index (χ2n) is 7.85. The van der Waals surface area contributed by atoms with Gasteiger partial charge in [-0.05, 0) is 44.4 Å². The van der Waals surface area contributed by atoms with Crippen LogP contribution in [0.2, 0.25) is 0 Å². The topological polar surface area (TPSA) is 47.9 Å². The number of hydrogen-bond acceptors (Lipinski definition) is 4. The lowest BCUT2D eigenvalue weighted by Crippen LogP contribution is -2.69. The van der Waals surface area contributed by atoms with E-state index in [1.807, 2.05) is 0 Å². The molecular formula is C16H26O4. The summed E-state index contributed by atoms with van der Waals surface area (Å²) in [5.74, 6) is 1.60. The first-order valence-electron chi connectivity index (χ1n) is 8.17. The minimum Gasteiger partial charge on any atom is -0.368 e. The van der Waals surface area contributed by atoms with E-state index in [1.54, 1.807) is 0 Å². The van der Waals surface area contributed by atoms with Crippen LogP contribution in [0.4, 0.5) is 0 Å². The number of ether oxygens (including phenoxy) is 1. The maximum atomic E-state index is 10.3. The number of aliphatic hydroxyl groups excluding tert-OH is 1. The van der Waals surface area contributed by atoms with Gasteiger partial charge in [0.2, 0.25) is 0 Å². The van der Waals surface area contributed by atoms with Gasteiger partial charge in [0.25, 0.3) is 0 Å². The summed E-state index contributed by atoms with van der Waals surface area (Å²) < 4.78 is 6.01. The van der Waals surface area contributed by atoms with E-state index in [-0.39, 0.29) is 23.2 Å². The van der Waals surface area contributed by atoms with Gasteiger partial charge in [-0.2, -0.15) is 0 Å². The summed E-state index contributed by atoms with van der Waals surface area (Å²) in [6.07, 6.45) is 4.68. The van der Waals surface area contributed by atoms with Crippen molar-refractivity contribution in [2.24, 2.45) is 23.7 Å². The van der Waals surface area contributed by atoms with Gasteiger partial charge >= 0.3 is 0 Å². The Morgan fingerprint density at radius 3 is 2.65 bits per heavy atom. The van der Waals surface area contributed by atoms with Gasteiger partial charge in [0.1, 0.15) is 11.2 Å². The maximum absolute atomic E-state index is 10.3. The molecular weight excluding hydrogens is 256 g/mol. The minimum absolute atomic E-state index is 0.0206. The van der Waals surface area contributed by atoms with Crippen molar-refractivity contribution in [1.82, 2.24) is 0 Å². The Morgan fingerprint density at radius 1 is 1.05 bits per heavy atom. The van der Waals surface area contributed by atoms with E-state index in [0.717, 1.165) is 25.7 Å². The lowest BCUT2D eigenvalue weighted by molar-refractivity contribution is -0.494. The van der Waals surface area contributed by atoms with Crippen LogP contribution in [-0.4, -0.2) is 28.7 Å². The highest BCUT2D eigenvalue weighted by Gasteiger charge is 2.67. The Morgan fingerprint density at radius 2 is 1.85 bits per heavy atom. The molecule has 0 radical (unpaired) electrons. The molecule has 114 valence electrons. The van der Waals surface area contributed by atoms with Gasteiger partial charge in [-0.15, -0.1) is 0 Å². The molecule has 3 aliphatic heterocycles. The Kier molecular flexibility index (Phi) is 2.83. The largest absolute Gasteiger partial charge is 0.368 e. The van der Waals surface area contributed by atoms with Crippen molar-refractivity contribution >= 4 is 0 Å². The van der Waals surface area contributed by atoms with Crippen LogP contribution < -0.4 is 0 Å². The molecule has 0 aromatic carbocycles. The number of aliphatic hydroxyl groups is 1. The van der Waals surface area contributed by atoms with Crippen LogP contribution >= 0.6 is 0 Å². The van der Waals surface area contributed by atoms with E-state index >= 15 is 0 Å². The predicted octanol–water partition coefficient (Wildman–Crippen LogP) is 2.65. The van der Waals surface area contributed by atoms with Gasteiger partial charge in [0.05, 0.1) is 6.10 Å². The quantitative estimate of drug-likeness (QED) is 0.694. The SMILES string of the molecule is C[C@@H]1CC[C@H]2[C@@H](C)C(O)O[C@H]3C[C@]4(C)CC[C@@H]1[C@]32OO4. The molecule has 1 spiro atoms. The molecule has 1 N–H and O–H groups in total. The van der Waals surface area contributed by atoms with Gasteiger partial charge in [0, 0.05) is 18.3 Å². The fourth-order valence-corrected chi connectivity index (χ4v) is 5.44. The Labute approximate surface area is 120 Å². The van der Waals surface area contributed by atoms with Crippen LogP contribution in [0.1, 0.15) is 52.9 Å². The molecule has 4 heteroatoms. The monoisotopic (exact) mass is 282 g/mol. The highest BCUT2D eigenvalue weighted by atomic mass is 17.2. The molecule has 2 bridgehead atoms. The standard InChI is InChI=1S/C16H26O4/c1-9-4-5-12-10(2)14(17)18-13-8-15(3)7-6-11(9)16(12,13)20-19-15/h9-14,17H,4-8H2,1-3H3/t9-,10-,11+,12+,13+,14?,15+,16-/m1/s1. The summed E-state index contributed by atoms with van der Waals surface area (Å²) in [5, 5.41) is 10.3. The van der Waals surface area contributed by atoms with Crippen molar-refractivity contribution in [1.29, 1.82) is 0 Å². The first kappa shape index (κ1) is 13.5. The normalized spacial score (nSPS) is 61.8. The zero-order valence-corrected chi connectivity index (χ0v) is 12.7. The Bertz CT molecular complexity index is 409. The summed E-state index contributed by atoms with van der Waals surface area (Å²) in [7, 11) is 0. The first-order chi connectivity index (χ1) is 9.46. The molecule has 1 unspecified atom stereocenters. The van der Waals surface area contributed by atoms with Gasteiger partial charge in [-0.3, -0.25) is 0 Å². The van der Waals surface area contributed by atoms with E-state index in [0.29, 0.717) is 17.8 Å². The molecule has 0 aromatic heterocycles. The van der Waals surface area contributed by atoms with Crippen LogP contribution in [0.3, 0.4) is 0 Å². The van der Waals surface area contributed by atoms with E-state index in [4.69, 9.17) is 14.5 Å². The molecule has 20 heavy (non-hydrogen) atoms. The van der Waals surface area contributed by atoms with Gasteiger partial charge in [-0.25, -0.2) is 9.78 Å². The molecule has 5 rings (SSSR count). The molecule has 3 saturated heterocycles. The molecule has 5 fully saturated rings. The number of fused-ring (bicyclic) bond motifs is 2. The van der Waals surface area contributed by atoms with Crippen molar-refractivity contribution in [3.05, 3.63) is 0 Å². The van der Waals surface area contributed by atoms with Crippen LogP contribution in [0.25, 0.3) is 0 Å². The van der Waals surface area contributed by atoms with Crippen LogP contribution in [-0.2, 0) is 14.5 Å². The number of rotatable bonds is 0. The molecule has 0 aromatic rings. The summed E-state index contributed by atoms with van der Waals surface area (Å²) in [6.45, 7) is 6.55. The molecule has 4 nitrogen and oxygen atoms in total. The van der Waals surface area contributed by atoms with E-state index in [1.165, 1.54) is 6.42 Å². The van der Waals surface area contributed by atoms with Gasteiger partial charge in [-0.1, -0.05) is 13.8 Å². The third-order valence-corrected chi connectivity index (χ3v) is 6.66. The third-order valence-electron chi connectivity index (χ3n) is 6.66. The van der Waals surface area contributed by atoms with Crippen LogP contribution in [0.15, 0.2) is 0 Å². The predicted molar refractivity (Wildman–Crippen MR) is 72.6 cm³/mol. The Balaban J connectivity index is 1.82. The average Bonchev–Trinajstić information content (AvgIpc) is 2.63. The zero-order valence-electron chi connectivity index (χ0n) is 12.7. The highest BCUT2D eigenvalue weighted by molar-refractivity contribution is 5.13. The summed E-state index contributed by atoms with van der Waals surface area (Å²) >= 11 is 0. The lowest BCUT2D eigenvalue weighted by atomic mass is 9.56. The van der Waals surface area contributed by atoms with E-state index in [2.05, 4.69) is 20.8 Å². The summed E-state index contributed by atoms with van der Waals surface area (Å²) in [4.78, 5) is 12.0. The minimum atomic E-state index is -0.656. The molecule has 2 saturated carbocycles. The maximum Gasteiger partial charge on any atom is 0.157 e. The van der Waals surface area contributed by atoms with Gasteiger partial charge in [0.15, 0.2) is 6.29 Å². The number of hydrogen-bond donors (Lipinski definition) is 1. The third kappa shape index (κ3) is 1.57. The fraction of sp³-hybridized carbons (Fsp3) is 1.00. The fourth-order valence-electron chi connectivity index (χ4n) is 5.44. The zero-order chi connectivity index (χ0) is 14.1. The second-order valence-corrected chi connectivity index (χ2v) is 7.85. The smallest absolute Gasteiger partial charge is 0.157 e. The Hall–Kier alpha value is -0.160. The molecule has 3 heterocycles. The molecule has 5 aliphatic rings. The second kappa shape index (κ2) is 4.19. The molecule has 2 aliphatic carbocycles. The van der Waals surface area contributed by atoms with Gasteiger partial charge < -0.3 is 9.84 Å². The van der Waals surface area contributed by atoms with Crippen molar-refractivity contribution < 1.29 is 19.6 Å². The van der Waals surface area contributed by atoms with E-state index < -0.39 is 6.29 Å². The summed E-state index contributed by atoms with van der Waals surface area (Å²) in [5.41, 5.74) is -0.579.